The van der Waals surface area contributed by atoms with Crippen LogP contribution in [0.25, 0.3) is 0 Å². The molecule has 0 bridgehead atoms. The number of carbonyl (C=O) groups excluding carboxylic acids is 2. The molecule has 1 saturated carbocycles. The van der Waals surface area contributed by atoms with Crippen LogP contribution in [-0.4, -0.2) is 110 Å². The first-order valence-electron chi connectivity index (χ1n) is 23.8. The van der Waals surface area contributed by atoms with Crippen molar-refractivity contribution in [2.75, 3.05) is 13.2 Å². The van der Waals surface area contributed by atoms with Crippen molar-refractivity contribution in [2.24, 2.45) is 0 Å². The summed E-state index contributed by atoms with van der Waals surface area (Å²) in [5, 5.41) is 60.0. The van der Waals surface area contributed by atoms with Gasteiger partial charge < -0.3 is 45.0 Å². The summed E-state index contributed by atoms with van der Waals surface area (Å²) in [4.78, 5) is 35.7. The molecule has 4 unspecified atom stereocenters. The van der Waals surface area contributed by atoms with Crippen molar-refractivity contribution >= 4 is 19.8 Å². The van der Waals surface area contributed by atoms with Gasteiger partial charge in [0, 0.05) is 12.8 Å². The molecule has 0 spiro atoms. The lowest BCUT2D eigenvalue weighted by Crippen LogP contribution is -2.64. The van der Waals surface area contributed by atoms with Crippen molar-refractivity contribution in [2.45, 2.75) is 185 Å². The lowest BCUT2D eigenvalue weighted by atomic mass is 9.85. The average molecular weight is 949 g/mol. The van der Waals surface area contributed by atoms with Crippen LogP contribution < -0.4 is 0 Å². The molecule has 0 radical (unpaired) electrons. The molecule has 14 nitrogen and oxygen atoms in total. The summed E-state index contributed by atoms with van der Waals surface area (Å²) in [6, 6.07) is 0. The fourth-order valence-electron chi connectivity index (χ4n) is 6.35. The van der Waals surface area contributed by atoms with Gasteiger partial charge in [-0.2, -0.15) is 0 Å². The third-order valence-corrected chi connectivity index (χ3v) is 11.2. The van der Waals surface area contributed by atoms with Gasteiger partial charge in [-0.3, -0.25) is 18.6 Å². The van der Waals surface area contributed by atoms with Crippen LogP contribution in [0.1, 0.15) is 136 Å². The van der Waals surface area contributed by atoms with Crippen molar-refractivity contribution < 1.29 is 68.2 Å². The molecule has 7 N–H and O–H groups in total. The number of hydrogen-bond acceptors (Lipinski definition) is 13. The van der Waals surface area contributed by atoms with E-state index in [1.165, 1.54) is 38.5 Å². The number of esters is 2. The van der Waals surface area contributed by atoms with Gasteiger partial charge in [-0.05, 0) is 77.0 Å². The largest absolute Gasteiger partial charge is 0.472 e. The molecule has 1 rings (SSSR count). The summed E-state index contributed by atoms with van der Waals surface area (Å²) in [6.45, 7) is 2.96. The van der Waals surface area contributed by atoms with E-state index in [1.54, 1.807) is 6.08 Å². The predicted molar refractivity (Wildman–Crippen MR) is 259 cm³/mol. The van der Waals surface area contributed by atoms with Crippen LogP contribution in [-0.2, 0) is 32.7 Å². The van der Waals surface area contributed by atoms with Crippen molar-refractivity contribution in [1.82, 2.24) is 0 Å². The van der Waals surface area contributed by atoms with Gasteiger partial charge in [-0.1, -0.05) is 155 Å². The Morgan fingerprint density at radius 2 is 1.08 bits per heavy atom. The smallest absolute Gasteiger partial charge is 0.462 e. The van der Waals surface area contributed by atoms with Crippen molar-refractivity contribution in [1.29, 1.82) is 0 Å². The summed E-state index contributed by atoms with van der Waals surface area (Å²) >= 11 is 0. The number of aliphatic hydroxyl groups excluding tert-OH is 6. The Hall–Kier alpha value is -3.53. The highest BCUT2D eigenvalue weighted by Gasteiger charge is 2.51. The Morgan fingerprint density at radius 1 is 0.561 bits per heavy atom. The summed E-state index contributed by atoms with van der Waals surface area (Å²) < 4.78 is 33.4. The fourth-order valence-corrected chi connectivity index (χ4v) is 7.33. The Bertz CT molecular complexity index is 1580. The monoisotopic (exact) mass is 949 g/mol. The van der Waals surface area contributed by atoms with Crippen LogP contribution in [0, 0.1) is 0 Å². The first-order chi connectivity index (χ1) is 31.8. The van der Waals surface area contributed by atoms with Gasteiger partial charge in [0.25, 0.3) is 0 Å². The molecule has 374 valence electrons. The molecule has 0 heterocycles. The summed E-state index contributed by atoms with van der Waals surface area (Å²) in [5.41, 5.74) is 0. The Morgan fingerprint density at radius 3 is 1.67 bits per heavy atom. The van der Waals surface area contributed by atoms with E-state index in [2.05, 4.69) is 50.3 Å². The van der Waals surface area contributed by atoms with E-state index in [1.807, 2.05) is 66.8 Å². The molecule has 0 amide bonds. The van der Waals surface area contributed by atoms with Gasteiger partial charge in [0.1, 0.15) is 43.2 Å². The molecule has 0 aromatic heterocycles. The van der Waals surface area contributed by atoms with E-state index in [4.69, 9.17) is 18.5 Å². The number of rotatable bonds is 37. The van der Waals surface area contributed by atoms with Crippen LogP contribution in [0.2, 0.25) is 0 Å². The van der Waals surface area contributed by atoms with Crippen molar-refractivity contribution in [3.8, 4) is 0 Å². The van der Waals surface area contributed by atoms with Gasteiger partial charge in [0.2, 0.25) is 0 Å². The highest BCUT2D eigenvalue weighted by Crippen LogP contribution is 2.47. The molecular formula is C51H81O14P. The summed E-state index contributed by atoms with van der Waals surface area (Å²) in [5.74, 6) is -1.29. The maximum atomic E-state index is 12.8. The molecule has 0 saturated heterocycles. The summed E-state index contributed by atoms with van der Waals surface area (Å²) in [6.07, 6.45) is 37.7. The maximum absolute atomic E-state index is 12.8. The second-order valence-corrected chi connectivity index (χ2v) is 17.5. The second kappa shape index (κ2) is 39.5. The van der Waals surface area contributed by atoms with Crippen LogP contribution in [0.4, 0.5) is 0 Å². The molecule has 66 heavy (non-hydrogen) atoms. The third kappa shape index (κ3) is 31.4. The standard InChI is InChI=1S/C51H81O14P/c1-3-5-7-8-9-10-11-12-13-14-15-18-22-25-28-31-35-39-45(54)64-43(41-63-66(60,61)65-51-49(58)47(56)46(55)48(57)50(51)59)40-62-44(53)38-34-30-27-24-21-19-16-17-20-23-26-29-33-37-42(52)36-32-6-4-2/h6,12-13,15,17-21,25-30,32-33,37,42-43,46-52,55-59H,3-5,7-11,14,16,22-24,31,34-36,38-41H2,1-2H3,(H,60,61)/b13-12-,18-15-,20-17-,21-19-,28-25-,29-26+,30-27-,32-6-,37-33+/t42?,43-,46?,47-,48+,49-,50-,51?/m1/s1. The minimum Gasteiger partial charge on any atom is -0.462 e. The highest BCUT2D eigenvalue weighted by molar-refractivity contribution is 7.47. The molecule has 1 fully saturated rings. The number of phosphoric acid groups is 1. The number of unbranched alkanes of at least 4 members (excludes halogenated alkanes) is 7. The van der Waals surface area contributed by atoms with E-state index in [-0.39, 0.29) is 12.8 Å². The normalized spacial score (nSPS) is 22.7. The Balaban J connectivity index is 2.56. The molecule has 15 heteroatoms. The zero-order chi connectivity index (χ0) is 48.7. The molecule has 1 aliphatic rings. The van der Waals surface area contributed by atoms with Crippen LogP contribution in [0.5, 0.6) is 0 Å². The van der Waals surface area contributed by atoms with E-state index in [9.17, 15) is 49.7 Å². The lowest BCUT2D eigenvalue weighted by molar-refractivity contribution is -0.220. The van der Waals surface area contributed by atoms with Crippen LogP contribution >= 0.6 is 7.82 Å². The highest BCUT2D eigenvalue weighted by atomic mass is 31.2. The van der Waals surface area contributed by atoms with Crippen LogP contribution in [0.15, 0.2) is 109 Å². The van der Waals surface area contributed by atoms with Crippen molar-refractivity contribution in [3.05, 3.63) is 109 Å². The average Bonchev–Trinajstić information content (AvgIpc) is 3.29. The molecule has 9 atom stereocenters. The SMILES string of the molecule is CC/C=C\CC(O)/C=C/C=C/C/C=C\C/C=C\C/C=C\CCC(=O)OC[C@H](COP(=O)(O)OC1[C@H](O)[C@H](O)C(O)[C@H](O)[C@H]1O)OC(=O)CCC/C=C\C/C=C\C/C=C\CCCCCCCC. The lowest BCUT2D eigenvalue weighted by Gasteiger charge is -2.41. The first-order valence-corrected chi connectivity index (χ1v) is 25.3. The number of aliphatic hydroxyl groups is 6. The zero-order valence-electron chi connectivity index (χ0n) is 39.3. The summed E-state index contributed by atoms with van der Waals surface area (Å²) in [7, 11) is -5.17. The predicted octanol–water partition coefficient (Wildman–Crippen LogP) is 8.58. The number of phosphoric ester groups is 1. The second-order valence-electron chi connectivity index (χ2n) is 16.1. The van der Waals surface area contributed by atoms with Gasteiger partial charge in [-0.25, -0.2) is 4.57 Å². The topological polar surface area (TPSA) is 230 Å². The molecule has 0 aliphatic heterocycles. The van der Waals surface area contributed by atoms with Crippen LogP contribution in [0.3, 0.4) is 0 Å². The fraction of sp³-hybridized carbons (Fsp3) is 0.608. The number of allylic oxidation sites excluding steroid dienone is 16. The minimum atomic E-state index is -5.17. The van der Waals surface area contributed by atoms with E-state index in [0.29, 0.717) is 32.1 Å². The molecule has 1 aliphatic carbocycles. The van der Waals surface area contributed by atoms with Gasteiger partial charge in [0.05, 0.1) is 12.7 Å². The Labute approximate surface area is 394 Å². The first kappa shape index (κ1) is 60.5. The van der Waals surface area contributed by atoms with Crippen molar-refractivity contribution in [3.63, 3.8) is 0 Å². The molecule has 0 aromatic rings. The number of ether oxygens (including phenoxy) is 2. The maximum Gasteiger partial charge on any atom is 0.472 e. The molecular weight excluding hydrogens is 868 g/mol. The quantitative estimate of drug-likeness (QED) is 0.0102. The third-order valence-electron chi connectivity index (χ3n) is 10.2. The minimum absolute atomic E-state index is 0.00515. The van der Waals surface area contributed by atoms with E-state index in [0.717, 1.165) is 38.5 Å². The van der Waals surface area contributed by atoms with Gasteiger partial charge >= 0.3 is 19.8 Å². The zero-order valence-corrected chi connectivity index (χ0v) is 40.2. The molecule has 0 aromatic carbocycles. The number of carbonyl (C=O) groups is 2. The van der Waals surface area contributed by atoms with Gasteiger partial charge in [-0.15, -0.1) is 0 Å². The number of hydrogen-bond donors (Lipinski definition) is 7. The van der Waals surface area contributed by atoms with E-state index < -0.39 is 81.8 Å². The Kier molecular flexibility index (Phi) is 36.2. The van der Waals surface area contributed by atoms with Gasteiger partial charge in [0.15, 0.2) is 6.10 Å². The van der Waals surface area contributed by atoms with E-state index >= 15 is 0 Å².